The molecule has 2 unspecified atom stereocenters. The fraction of sp³-hybridized carbons (Fsp3) is 0.556. The maximum absolute atomic E-state index is 5.55. The van der Waals surface area contributed by atoms with Crippen LogP contribution in [0.4, 0.5) is 0 Å². The van der Waals surface area contributed by atoms with Gasteiger partial charge in [0.25, 0.3) is 0 Å². The Labute approximate surface area is 61.4 Å². The number of ether oxygens (including phenoxy) is 1. The van der Waals surface area contributed by atoms with Crippen molar-refractivity contribution < 1.29 is 4.74 Å². The van der Waals surface area contributed by atoms with E-state index in [1.165, 1.54) is 5.57 Å². The highest BCUT2D eigenvalue weighted by Gasteiger charge is 2.26. The molecule has 2 rings (SSSR count). The fourth-order valence-electron chi connectivity index (χ4n) is 1.68. The first-order valence-corrected chi connectivity index (χ1v) is 3.87. The van der Waals surface area contributed by atoms with Crippen molar-refractivity contribution in [3.63, 3.8) is 0 Å². The summed E-state index contributed by atoms with van der Waals surface area (Å²) in [6.07, 6.45) is 8.09. The highest BCUT2D eigenvalue weighted by molar-refractivity contribution is 5.26. The summed E-state index contributed by atoms with van der Waals surface area (Å²) in [6.45, 7) is 3.13. The van der Waals surface area contributed by atoms with Gasteiger partial charge in [0.2, 0.25) is 0 Å². The van der Waals surface area contributed by atoms with Gasteiger partial charge in [0.1, 0.15) is 0 Å². The van der Waals surface area contributed by atoms with Gasteiger partial charge < -0.3 is 4.74 Å². The van der Waals surface area contributed by atoms with Crippen molar-refractivity contribution in [1.82, 2.24) is 0 Å². The van der Waals surface area contributed by atoms with E-state index in [1.54, 1.807) is 0 Å². The number of hydrogen-bond acceptors (Lipinski definition) is 1. The molecule has 1 heteroatoms. The molecule has 0 aromatic carbocycles. The summed E-state index contributed by atoms with van der Waals surface area (Å²) in [4.78, 5) is 0. The van der Waals surface area contributed by atoms with E-state index in [0.717, 1.165) is 13.0 Å². The molecule has 0 aromatic rings. The van der Waals surface area contributed by atoms with Crippen molar-refractivity contribution in [2.75, 3.05) is 6.61 Å². The van der Waals surface area contributed by atoms with Gasteiger partial charge in [-0.05, 0) is 12.0 Å². The molecule has 1 nitrogen and oxygen atoms in total. The molecule has 0 N–H and O–H groups in total. The first kappa shape index (κ1) is 6.17. The maximum Gasteiger partial charge on any atom is 0.0849 e. The van der Waals surface area contributed by atoms with Crippen molar-refractivity contribution in [2.45, 2.75) is 19.4 Å². The molecule has 0 saturated carbocycles. The number of fused-ring (bicyclic) bond motifs is 1. The highest BCUT2D eigenvalue weighted by Crippen LogP contribution is 2.29. The lowest BCUT2D eigenvalue weighted by Crippen LogP contribution is -2.18. The van der Waals surface area contributed by atoms with E-state index in [1.807, 2.05) is 0 Å². The second-order valence-corrected chi connectivity index (χ2v) is 3.03. The minimum absolute atomic E-state index is 0.407. The maximum atomic E-state index is 5.55. The third-order valence-electron chi connectivity index (χ3n) is 2.26. The van der Waals surface area contributed by atoms with Crippen molar-refractivity contribution in [3.8, 4) is 0 Å². The van der Waals surface area contributed by atoms with Crippen LogP contribution in [0.15, 0.2) is 23.8 Å². The average Bonchev–Trinajstić information content (AvgIpc) is 2.36. The quantitative estimate of drug-likeness (QED) is 0.494. The molecule has 10 heavy (non-hydrogen) atoms. The van der Waals surface area contributed by atoms with Gasteiger partial charge in [-0.15, -0.1) is 0 Å². The standard InChI is InChI=1S/C9H12O/c1-7-3-2-4-8-5-6-10-9(7)8/h2-4,7,9H,5-6H2,1H3. The van der Waals surface area contributed by atoms with Crippen LogP contribution in [0.5, 0.6) is 0 Å². The van der Waals surface area contributed by atoms with Gasteiger partial charge in [0.15, 0.2) is 0 Å². The average molecular weight is 136 g/mol. The lowest BCUT2D eigenvalue weighted by Gasteiger charge is -2.19. The molecule has 0 radical (unpaired) electrons. The Bertz CT molecular complexity index is 191. The first-order chi connectivity index (χ1) is 4.88. The van der Waals surface area contributed by atoms with Gasteiger partial charge in [-0.3, -0.25) is 0 Å². The van der Waals surface area contributed by atoms with Gasteiger partial charge in [-0.25, -0.2) is 0 Å². The molecule has 2 atom stereocenters. The number of rotatable bonds is 0. The van der Waals surface area contributed by atoms with Crippen molar-refractivity contribution >= 4 is 0 Å². The van der Waals surface area contributed by atoms with Crippen LogP contribution in [0.25, 0.3) is 0 Å². The monoisotopic (exact) mass is 136 g/mol. The summed E-state index contributed by atoms with van der Waals surface area (Å²) in [5.74, 6) is 0.586. The van der Waals surface area contributed by atoms with E-state index in [4.69, 9.17) is 4.74 Å². The normalized spacial score (nSPS) is 37.5. The van der Waals surface area contributed by atoms with E-state index < -0.39 is 0 Å². The molecule has 1 aliphatic carbocycles. The van der Waals surface area contributed by atoms with Crippen LogP contribution in [0.2, 0.25) is 0 Å². The topological polar surface area (TPSA) is 9.23 Å². The zero-order valence-electron chi connectivity index (χ0n) is 6.21. The summed E-state index contributed by atoms with van der Waals surface area (Å²) in [6, 6.07) is 0. The predicted molar refractivity (Wildman–Crippen MR) is 40.7 cm³/mol. The Kier molecular flexibility index (Phi) is 1.38. The molecule has 1 aliphatic heterocycles. The van der Waals surface area contributed by atoms with Crippen LogP contribution in [-0.2, 0) is 4.74 Å². The zero-order valence-corrected chi connectivity index (χ0v) is 6.21. The smallest absolute Gasteiger partial charge is 0.0849 e. The lowest BCUT2D eigenvalue weighted by molar-refractivity contribution is 0.0984. The van der Waals surface area contributed by atoms with Gasteiger partial charge in [-0.1, -0.05) is 25.2 Å². The van der Waals surface area contributed by atoms with E-state index in [9.17, 15) is 0 Å². The molecular formula is C9H12O. The van der Waals surface area contributed by atoms with Crippen molar-refractivity contribution in [1.29, 1.82) is 0 Å². The fourth-order valence-corrected chi connectivity index (χ4v) is 1.68. The second-order valence-electron chi connectivity index (χ2n) is 3.03. The summed E-state index contributed by atoms with van der Waals surface area (Å²) in [7, 11) is 0. The Morgan fingerprint density at radius 1 is 1.60 bits per heavy atom. The molecule has 0 amide bonds. The third-order valence-corrected chi connectivity index (χ3v) is 2.26. The van der Waals surface area contributed by atoms with E-state index in [0.29, 0.717) is 12.0 Å². The number of hydrogen-bond donors (Lipinski definition) is 0. The largest absolute Gasteiger partial charge is 0.373 e. The second kappa shape index (κ2) is 2.24. The SMILES string of the molecule is CC1C=CC=C2CCOC21. The van der Waals surface area contributed by atoms with E-state index in [-0.39, 0.29) is 0 Å². The van der Waals surface area contributed by atoms with Crippen LogP contribution in [0.1, 0.15) is 13.3 Å². The Hall–Kier alpha value is -0.560. The minimum Gasteiger partial charge on any atom is -0.373 e. The van der Waals surface area contributed by atoms with E-state index in [2.05, 4.69) is 25.2 Å². The molecule has 1 heterocycles. The molecule has 54 valence electrons. The van der Waals surface area contributed by atoms with Gasteiger partial charge in [0, 0.05) is 5.92 Å². The molecule has 0 aromatic heterocycles. The van der Waals surface area contributed by atoms with Crippen molar-refractivity contribution in [2.24, 2.45) is 5.92 Å². The zero-order chi connectivity index (χ0) is 6.97. The molecular weight excluding hydrogens is 124 g/mol. The summed E-state index contributed by atoms with van der Waals surface area (Å²) in [5.41, 5.74) is 1.48. The van der Waals surface area contributed by atoms with Gasteiger partial charge >= 0.3 is 0 Å². The third kappa shape index (κ3) is 0.816. The van der Waals surface area contributed by atoms with Gasteiger partial charge in [-0.2, -0.15) is 0 Å². The van der Waals surface area contributed by atoms with Crippen LogP contribution < -0.4 is 0 Å². The minimum atomic E-state index is 0.407. The van der Waals surface area contributed by atoms with Crippen molar-refractivity contribution in [3.05, 3.63) is 23.8 Å². The van der Waals surface area contributed by atoms with Crippen LogP contribution in [0, 0.1) is 5.92 Å². The Morgan fingerprint density at radius 3 is 3.30 bits per heavy atom. The van der Waals surface area contributed by atoms with E-state index >= 15 is 0 Å². The summed E-state index contributed by atoms with van der Waals surface area (Å²) in [5, 5.41) is 0. The predicted octanol–water partition coefficient (Wildman–Crippen LogP) is 1.91. The Balaban J connectivity index is 2.25. The van der Waals surface area contributed by atoms with Crippen LogP contribution >= 0.6 is 0 Å². The molecule has 0 bridgehead atoms. The summed E-state index contributed by atoms with van der Waals surface area (Å²) >= 11 is 0. The number of allylic oxidation sites excluding steroid dienone is 2. The first-order valence-electron chi connectivity index (χ1n) is 3.87. The molecule has 1 fully saturated rings. The van der Waals surface area contributed by atoms with Gasteiger partial charge in [0.05, 0.1) is 12.7 Å². The molecule has 2 aliphatic rings. The Morgan fingerprint density at radius 2 is 2.50 bits per heavy atom. The molecule has 0 spiro atoms. The highest BCUT2D eigenvalue weighted by atomic mass is 16.5. The van der Waals surface area contributed by atoms with Crippen LogP contribution in [0.3, 0.4) is 0 Å². The summed E-state index contributed by atoms with van der Waals surface area (Å²) < 4.78 is 5.55. The lowest BCUT2D eigenvalue weighted by atomic mass is 9.93. The molecule has 1 saturated heterocycles. The van der Waals surface area contributed by atoms with Crippen LogP contribution in [-0.4, -0.2) is 12.7 Å².